The molecule has 1 heterocycles. The molecule has 5 heteroatoms. The van der Waals surface area contributed by atoms with E-state index in [-0.39, 0.29) is 5.91 Å². The normalized spacial score (nSPS) is 10.6. The Morgan fingerprint density at radius 2 is 1.75 bits per heavy atom. The van der Waals surface area contributed by atoms with Gasteiger partial charge in [-0.15, -0.1) is 0 Å². The summed E-state index contributed by atoms with van der Waals surface area (Å²) in [6, 6.07) is 20.5. The van der Waals surface area contributed by atoms with Crippen molar-refractivity contribution in [3.63, 3.8) is 0 Å². The van der Waals surface area contributed by atoms with Gasteiger partial charge in [0.05, 0.1) is 24.0 Å². The average molecular weight is 377 g/mol. The van der Waals surface area contributed by atoms with Crippen LogP contribution in [0, 0.1) is 0 Å². The minimum atomic E-state index is -0.0430. The molecule has 1 N–H and O–H groups in total. The summed E-state index contributed by atoms with van der Waals surface area (Å²) in [5, 5.41) is 7.49. The molecular formula is C23H28N4O. The van der Waals surface area contributed by atoms with Gasteiger partial charge >= 0.3 is 0 Å². The molecule has 0 aliphatic carbocycles. The van der Waals surface area contributed by atoms with Gasteiger partial charge in [0.25, 0.3) is 5.91 Å². The number of hydrogen-bond donors (Lipinski definition) is 1. The number of rotatable bonds is 9. The Morgan fingerprint density at radius 3 is 2.43 bits per heavy atom. The monoisotopic (exact) mass is 376 g/mol. The van der Waals surface area contributed by atoms with E-state index in [4.69, 9.17) is 0 Å². The fourth-order valence-electron chi connectivity index (χ4n) is 3.29. The number of carbonyl (C=O) groups excluding carboxylic acids is 1. The molecule has 1 aromatic heterocycles. The van der Waals surface area contributed by atoms with Crippen LogP contribution in [0.2, 0.25) is 0 Å². The van der Waals surface area contributed by atoms with Gasteiger partial charge in [-0.3, -0.25) is 9.48 Å². The molecule has 3 rings (SSSR count). The molecular weight excluding hydrogens is 348 g/mol. The molecule has 0 aliphatic rings. The first kappa shape index (κ1) is 19.7. The summed E-state index contributed by atoms with van der Waals surface area (Å²) < 4.78 is 1.92. The van der Waals surface area contributed by atoms with E-state index >= 15 is 0 Å². The molecule has 5 nitrogen and oxygen atoms in total. The van der Waals surface area contributed by atoms with Crippen LogP contribution in [0.5, 0.6) is 0 Å². The van der Waals surface area contributed by atoms with Crippen LogP contribution in [0.25, 0.3) is 0 Å². The Morgan fingerprint density at radius 1 is 1.07 bits per heavy atom. The van der Waals surface area contributed by atoms with Crippen molar-refractivity contribution in [1.82, 2.24) is 15.1 Å². The van der Waals surface area contributed by atoms with Gasteiger partial charge < -0.3 is 10.2 Å². The first-order valence-electron chi connectivity index (χ1n) is 9.82. The zero-order valence-corrected chi connectivity index (χ0v) is 16.6. The number of anilines is 1. The van der Waals surface area contributed by atoms with Crippen molar-refractivity contribution in [1.29, 1.82) is 0 Å². The van der Waals surface area contributed by atoms with Crippen molar-refractivity contribution in [2.45, 2.75) is 26.3 Å². The van der Waals surface area contributed by atoms with E-state index in [1.54, 1.807) is 6.20 Å². The second-order valence-electron chi connectivity index (χ2n) is 6.87. The molecule has 146 valence electrons. The van der Waals surface area contributed by atoms with Crippen LogP contribution in [0.15, 0.2) is 66.9 Å². The van der Waals surface area contributed by atoms with Crippen molar-refractivity contribution in [3.8, 4) is 0 Å². The molecule has 0 radical (unpaired) electrons. The van der Waals surface area contributed by atoms with E-state index in [0.717, 1.165) is 25.1 Å². The second-order valence-corrected chi connectivity index (χ2v) is 6.87. The lowest BCUT2D eigenvalue weighted by atomic mass is 10.1. The fourth-order valence-corrected chi connectivity index (χ4v) is 3.29. The lowest BCUT2D eigenvalue weighted by Gasteiger charge is -2.19. The third-order valence-corrected chi connectivity index (χ3v) is 4.86. The maximum Gasteiger partial charge on any atom is 0.254 e. The van der Waals surface area contributed by atoms with Crippen LogP contribution < -0.4 is 10.2 Å². The summed E-state index contributed by atoms with van der Waals surface area (Å²) in [4.78, 5) is 14.8. The van der Waals surface area contributed by atoms with Gasteiger partial charge in [0.2, 0.25) is 0 Å². The fraction of sp³-hybridized carbons (Fsp3) is 0.304. The highest BCUT2D eigenvalue weighted by molar-refractivity contribution is 5.95. The Labute approximate surface area is 167 Å². The molecule has 0 aliphatic heterocycles. The maximum absolute atomic E-state index is 12.6. The molecule has 0 saturated heterocycles. The number of benzene rings is 2. The van der Waals surface area contributed by atoms with Crippen LogP contribution in [-0.4, -0.2) is 35.8 Å². The first-order valence-corrected chi connectivity index (χ1v) is 9.82. The number of nitrogens with one attached hydrogen (secondary N) is 1. The van der Waals surface area contributed by atoms with Gasteiger partial charge in [0.1, 0.15) is 0 Å². The number of hydrogen-bond acceptors (Lipinski definition) is 3. The minimum absolute atomic E-state index is 0.0430. The van der Waals surface area contributed by atoms with Crippen LogP contribution in [0.3, 0.4) is 0 Å². The highest BCUT2D eigenvalue weighted by atomic mass is 16.1. The topological polar surface area (TPSA) is 50.2 Å². The number of nitrogens with zero attached hydrogens (tertiary/aromatic N) is 3. The van der Waals surface area contributed by atoms with Crippen LogP contribution in [-0.2, 0) is 13.0 Å². The lowest BCUT2D eigenvalue weighted by Crippen LogP contribution is -2.28. The van der Waals surface area contributed by atoms with Gasteiger partial charge in [0.15, 0.2) is 0 Å². The second kappa shape index (κ2) is 9.74. The van der Waals surface area contributed by atoms with E-state index in [2.05, 4.69) is 53.6 Å². The molecule has 2 aromatic carbocycles. The standard InChI is InChI=1S/C23H28N4O/c1-3-22-21(17-25-27(22)18-19-11-6-4-7-12-19)23(28)24-15-10-16-26(2)20-13-8-5-9-14-20/h4-9,11-14,17H,3,10,15-16,18H2,1-2H3,(H,24,28). The van der Waals surface area contributed by atoms with E-state index in [1.807, 2.05) is 41.1 Å². The highest BCUT2D eigenvalue weighted by Crippen LogP contribution is 2.13. The van der Waals surface area contributed by atoms with E-state index < -0.39 is 0 Å². The number of para-hydroxylation sites is 1. The third kappa shape index (κ3) is 5.00. The lowest BCUT2D eigenvalue weighted by molar-refractivity contribution is 0.0952. The highest BCUT2D eigenvalue weighted by Gasteiger charge is 2.16. The van der Waals surface area contributed by atoms with Gasteiger partial charge in [-0.25, -0.2) is 0 Å². The van der Waals surface area contributed by atoms with Gasteiger partial charge in [-0.05, 0) is 30.5 Å². The third-order valence-electron chi connectivity index (χ3n) is 4.86. The van der Waals surface area contributed by atoms with Crippen molar-refractivity contribution in [3.05, 3.63) is 83.7 Å². The smallest absolute Gasteiger partial charge is 0.254 e. The minimum Gasteiger partial charge on any atom is -0.375 e. The Kier molecular flexibility index (Phi) is 6.84. The van der Waals surface area contributed by atoms with Gasteiger partial charge in [-0.1, -0.05) is 55.5 Å². The number of aromatic nitrogens is 2. The maximum atomic E-state index is 12.6. The molecule has 0 spiro atoms. The largest absolute Gasteiger partial charge is 0.375 e. The molecule has 28 heavy (non-hydrogen) atoms. The average Bonchev–Trinajstić information content (AvgIpc) is 3.14. The molecule has 1 amide bonds. The summed E-state index contributed by atoms with van der Waals surface area (Å²) in [5.41, 5.74) is 4.01. The van der Waals surface area contributed by atoms with Crippen molar-refractivity contribution >= 4 is 11.6 Å². The Balaban J connectivity index is 1.53. The van der Waals surface area contributed by atoms with E-state index in [9.17, 15) is 4.79 Å². The van der Waals surface area contributed by atoms with E-state index in [1.165, 1.54) is 11.3 Å². The van der Waals surface area contributed by atoms with Crippen LogP contribution in [0.4, 0.5) is 5.69 Å². The van der Waals surface area contributed by atoms with Crippen LogP contribution >= 0.6 is 0 Å². The van der Waals surface area contributed by atoms with Gasteiger partial charge in [0, 0.05) is 25.8 Å². The molecule has 0 saturated carbocycles. The molecule has 0 unspecified atom stereocenters. The predicted molar refractivity (Wildman–Crippen MR) is 114 cm³/mol. The van der Waals surface area contributed by atoms with Crippen LogP contribution in [0.1, 0.15) is 35.0 Å². The molecule has 0 bridgehead atoms. The molecule has 3 aromatic rings. The quantitative estimate of drug-likeness (QED) is 0.579. The van der Waals surface area contributed by atoms with Gasteiger partial charge in [-0.2, -0.15) is 5.10 Å². The summed E-state index contributed by atoms with van der Waals surface area (Å²) in [5.74, 6) is -0.0430. The van der Waals surface area contributed by atoms with E-state index in [0.29, 0.717) is 18.7 Å². The summed E-state index contributed by atoms with van der Waals surface area (Å²) in [7, 11) is 2.07. The number of amides is 1. The summed E-state index contributed by atoms with van der Waals surface area (Å²) in [6.45, 7) is 4.27. The first-order chi connectivity index (χ1) is 13.7. The SMILES string of the molecule is CCc1c(C(=O)NCCCN(C)c2ccccc2)cnn1Cc1ccccc1. The van der Waals surface area contributed by atoms with Crippen molar-refractivity contribution < 1.29 is 4.79 Å². The Bertz CT molecular complexity index is 874. The zero-order valence-electron chi connectivity index (χ0n) is 16.6. The Hall–Kier alpha value is -3.08. The molecule has 0 atom stereocenters. The summed E-state index contributed by atoms with van der Waals surface area (Å²) >= 11 is 0. The molecule has 0 fully saturated rings. The zero-order chi connectivity index (χ0) is 19.8. The summed E-state index contributed by atoms with van der Waals surface area (Å²) in [6.07, 6.45) is 3.34. The predicted octanol–water partition coefficient (Wildman–Crippen LogP) is 3.75. The van der Waals surface area contributed by atoms with Crippen molar-refractivity contribution in [2.75, 3.05) is 25.0 Å². The van der Waals surface area contributed by atoms with Crippen molar-refractivity contribution in [2.24, 2.45) is 0 Å². The number of carbonyl (C=O) groups is 1.